The normalized spacial score (nSPS) is 12.2. The number of methoxy groups -OCH3 is 1. The third-order valence-electron chi connectivity index (χ3n) is 2.44. The molecule has 0 saturated heterocycles. The van der Waals surface area contributed by atoms with Crippen LogP contribution in [0.25, 0.3) is 0 Å². The Hall–Kier alpha value is -0.960. The minimum absolute atomic E-state index is 0.0996. The molecule has 1 atom stereocenters. The van der Waals surface area contributed by atoms with Crippen molar-refractivity contribution in [1.82, 2.24) is 0 Å². The number of ether oxygens (including phenoxy) is 1. The summed E-state index contributed by atoms with van der Waals surface area (Å²) in [6.45, 7) is 4.13. The van der Waals surface area contributed by atoms with Crippen molar-refractivity contribution in [2.75, 3.05) is 7.11 Å². The smallest absolute Gasteiger partial charge is 0.319 e. The molecule has 3 heteroatoms. The van der Waals surface area contributed by atoms with Crippen LogP contribution in [0, 0.1) is 0 Å². The quantitative estimate of drug-likeness (QED) is 0.581. The molecule has 0 N–H and O–H groups in total. The molecular formula is C13H18O2S. The topological polar surface area (TPSA) is 26.3 Å². The van der Waals surface area contributed by atoms with E-state index in [0.29, 0.717) is 0 Å². The number of esters is 1. The van der Waals surface area contributed by atoms with Gasteiger partial charge in [-0.25, -0.2) is 0 Å². The fourth-order valence-electron chi connectivity index (χ4n) is 1.40. The first-order valence-electron chi connectivity index (χ1n) is 5.54. The fourth-order valence-corrected chi connectivity index (χ4v) is 2.38. The van der Waals surface area contributed by atoms with Crippen LogP contribution in [0.15, 0.2) is 29.2 Å². The zero-order valence-corrected chi connectivity index (χ0v) is 10.8. The van der Waals surface area contributed by atoms with Crippen LogP contribution in [0.4, 0.5) is 0 Å². The third kappa shape index (κ3) is 3.56. The lowest BCUT2D eigenvalue weighted by Gasteiger charge is -2.11. The van der Waals surface area contributed by atoms with Crippen molar-refractivity contribution in [3.05, 3.63) is 29.8 Å². The van der Waals surface area contributed by atoms with E-state index in [-0.39, 0.29) is 11.2 Å². The van der Waals surface area contributed by atoms with Crippen molar-refractivity contribution in [2.45, 2.75) is 36.8 Å². The average Bonchev–Trinajstić information content (AvgIpc) is 2.35. The molecule has 0 aromatic heterocycles. The van der Waals surface area contributed by atoms with E-state index in [0.717, 1.165) is 17.7 Å². The summed E-state index contributed by atoms with van der Waals surface area (Å²) < 4.78 is 4.76. The van der Waals surface area contributed by atoms with Crippen LogP contribution >= 0.6 is 11.8 Å². The molecular weight excluding hydrogens is 220 g/mol. The molecule has 0 bridgehead atoms. The third-order valence-corrected chi connectivity index (χ3v) is 3.80. The van der Waals surface area contributed by atoms with Crippen molar-refractivity contribution in [2.24, 2.45) is 0 Å². The number of carbonyl (C=O) groups is 1. The summed E-state index contributed by atoms with van der Waals surface area (Å²) in [7, 11) is 1.44. The minimum Gasteiger partial charge on any atom is -0.468 e. The zero-order valence-electron chi connectivity index (χ0n) is 10.0. The fraction of sp³-hybridized carbons (Fsp3) is 0.462. The van der Waals surface area contributed by atoms with Crippen LogP contribution in [0.3, 0.4) is 0 Å². The predicted molar refractivity (Wildman–Crippen MR) is 67.8 cm³/mol. The Labute approximate surface area is 101 Å². The monoisotopic (exact) mass is 238 g/mol. The van der Waals surface area contributed by atoms with Crippen LogP contribution in [-0.2, 0) is 16.0 Å². The van der Waals surface area contributed by atoms with E-state index < -0.39 is 0 Å². The van der Waals surface area contributed by atoms with E-state index in [9.17, 15) is 4.79 Å². The first-order valence-corrected chi connectivity index (χ1v) is 6.42. The van der Waals surface area contributed by atoms with Crippen LogP contribution in [0.1, 0.15) is 25.8 Å². The van der Waals surface area contributed by atoms with Gasteiger partial charge in [0, 0.05) is 4.90 Å². The van der Waals surface area contributed by atoms with Crippen LogP contribution in [-0.4, -0.2) is 18.3 Å². The number of thioether (sulfide) groups is 1. The lowest BCUT2D eigenvalue weighted by molar-refractivity contribution is -0.140. The molecule has 0 aliphatic rings. The molecule has 2 nitrogen and oxygen atoms in total. The number of rotatable bonds is 5. The number of carbonyl (C=O) groups excluding carboxylic acids is 1. The number of benzene rings is 1. The van der Waals surface area contributed by atoms with Gasteiger partial charge in [-0.2, -0.15) is 0 Å². The van der Waals surface area contributed by atoms with E-state index in [1.807, 2.05) is 6.92 Å². The lowest BCUT2D eigenvalue weighted by Crippen LogP contribution is -2.17. The molecule has 1 unspecified atom stereocenters. The Morgan fingerprint density at radius 3 is 2.38 bits per heavy atom. The highest BCUT2D eigenvalue weighted by atomic mass is 32.2. The number of hydrogen-bond donors (Lipinski definition) is 0. The molecule has 16 heavy (non-hydrogen) atoms. The molecule has 0 saturated carbocycles. The molecule has 1 rings (SSSR count). The molecule has 0 radical (unpaired) electrons. The van der Waals surface area contributed by atoms with Gasteiger partial charge in [0.25, 0.3) is 0 Å². The van der Waals surface area contributed by atoms with Gasteiger partial charge in [0.2, 0.25) is 0 Å². The van der Waals surface area contributed by atoms with Gasteiger partial charge in [-0.1, -0.05) is 26.0 Å². The summed E-state index contributed by atoms with van der Waals surface area (Å²) in [5.74, 6) is -0.146. The van der Waals surface area contributed by atoms with Crippen LogP contribution < -0.4 is 0 Å². The molecule has 88 valence electrons. The van der Waals surface area contributed by atoms with E-state index in [1.54, 1.807) is 11.8 Å². The summed E-state index contributed by atoms with van der Waals surface area (Å²) in [4.78, 5) is 12.5. The van der Waals surface area contributed by atoms with Gasteiger partial charge in [0.15, 0.2) is 0 Å². The summed E-state index contributed by atoms with van der Waals surface area (Å²) in [5.41, 5.74) is 1.32. The highest BCUT2D eigenvalue weighted by Gasteiger charge is 2.17. The maximum absolute atomic E-state index is 11.4. The average molecular weight is 238 g/mol. The number of aryl methyl sites for hydroxylation is 1. The Balaban J connectivity index is 2.66. The maximum Gasteiger partial charge on any atom is 0.319 e. The van der Waals surface area contributed by atoms with Gasteiger partial charge >= 0.3 is 5.97 Å². The highest BCUT2D eigenvalue weighted by Crippen LogP contribution is 2.26. The van der Waals surface area contributed by atoms with E-state index in [2.05, 4.69) is 31.2 Å². The zero-order chi connectivity index (χ0) is 12.0. The first-order chi connectivity index (χ1) is 7.71. The predicted octanol–water partition coefficient (Wildman–Crippen LogP) is 3.29. The summed E-state index contributed by atoms with van der Waals surface area (Å²) in [6, 6.07) is 8.34. The first kappa shape index (κ1) is 13.1. The lowest BCUT2D eigenvalue weighted by atomic mass is 10.2. The van der Waals surface area contributed by atoms with E-state index in [4.69, 9.17) is 4.74 Å². The Kier molecular flexibility index (Phi) is 5.39. The maximum atomic E-state index is 11.4. The molecule has 1 aromatic carbocycles. The molecule has 0 aliphatic heterocycles. The van der Waals surface area contributed by atoms with Crippen molar-refractivity contribution in [3.8, 4) is 0 Å². The van der Waals surface area contributed by atoms with Crippen molar-refractivity contribution < 1.29 is 9.53 Å². The molecule has 1 aromatic rings. The summed E-state index contributed by atoms with van der Waals surface area (Å²) >= 11 is 1.57. The summed E-state index contributed by atoms with van der Waals surface area (Å²) in [6.07, 6.45) is 1.83. The molecule has 0 heterocycles. The van der Waals surface area contributed by atoms with E-state index in [1.165, 1.54) is 12.7 Å². The van der Waals surface area contributed by atoms with Gasteiger partial charge in [-0.05, 0) is 30.5 Å². The minimum atomic E-state index is -0.146. The molecule has 0 aliphatic carbocycles. The van der Waals surface area contributed by atoms with Gasteiger partial charge < -0.3 is 4.74 Å². The van der Waals surface area contributed by atoms with Gasteiger partial charge in [0.05, 0.1) is 7.11 Å². The molecule has 0 amide bonds. The van der Waals surface area contributed by atoms with Crippen LogP contribution in [0.5, 0.6) is 0 Å². The van der Waals surface area contributed by atoms with Gasteiger partial charge in [0.1, 0.15) is 5.25 Å². The molecule has 0 fully saturated rings. The SMILES string of the molecule is CCc1ccc(SC(CC)C(=O)OC)cc1. The van der Waals surface area contributed by atoms with Crippen molar-refractivity contribution in [1.29, 1.82) is 0 Å². The molecule has 0 spiro atoms. The standard InChI is InChI=1S/C13H18O2S/c1-4-10-6-8-11(9-7-10)16-12(5-2)13(14)15-3/h6-9,12H,4-5H2,1-3H3. The van der Waals surface area contributed by atoms with Gasteiger partial charge in [-0.3, -0.25) is 4.79 Å². The van der Waals surface area contributed by atoms with Crippen molar-refractivity contribution >= 4 is 17.7 Å². The highest BCUT2D eigenvalue weighted by molar-refractivity contribution is 8.00. The Bertz CT molecular complexity index is 332. The summed E-state index contributed by atoms with van der Waals surface area (Å²) in [5, 5.41) is -0.0996. The second-order valence-corrected chi connectivity index (χ2v) is 4.81. The largest absolute Gasteiger partial charge is 0.468 e. The van der Waals surface area contributed by atoms with Gasteiger partial charge in [-0.15, -0.1) is 11.8 Å². The van der Waals surface area contributed by atoms with Crippen molar-refractivity contribution in [3.63, 3.8) is 0 Å². The number of hydrogen-bond acceptors (Lipinski definition) is 3. The second kappa shape index (κ2) is 6.59. The van der Waals surface area contributed by atoms with E-state index >= 15 is 0 Å². The Morgan fingerprint density at radius 2 is 1.94 bits per heavy atom. The second-order valence-electron chi connectivity index (χ2n) is 3.54. The van der Waals surface area contributed by atoms with Crippen LogP contribution in [0.2, 0.25) is 0 Å². The Morgan fingerprint density at radius 1 is 1.31 bits per heavy atom.